The largest absolute Gasteiger partial charge is 0.444 e. The smallest absolute Gasteiger partial charge is 0.407 e. The predicted molar refractivity (Wildman–Crippen MR) is 182 cm³/mol. The number of amides is 2. The zero-order chi connectivity index (χ0) is 34.4. The number of ether oxygens (including phenoxy) is 1. The van der Waals surface area contributed by atoms with Crippen LogP contribution in [-0.4, -0.2) is 66.1 Å². The molecule has 5 aromatic rings. The number of anilines is 1. The molecule has 0 aliphatic carbocycles. The average Bonchev–Trinajstić information content (AvgIpc) is 3.43. The zero-order valence-electron chi connectivity index (χ0n) is 27.4. The van der Waals surface area contributed by atoms with Gasteiger partial charge in [0, 0.05) is 66.8 Å². The van der Waals surface area contributed by atoms with Gasteiger partial charge in [0.1, 0.15) is 16.9 Å². The molecule has 2 aromatic carbocycles. The summed E-state index contributed by atoms with van der Waals surface area (Å²) in [6, 6.07) is 12.7. The van der Waals surface area contributed by atoms with Crippen LogP contribution >= 0.6 is 0 Å². The fraction of sp³-hybridized carbons (Fsp3) is 0.314. The van der Waals surface area contributed by atoms with E-state index in [4.69, 9.17) is 4.74 Å². The maximum absolute atomic E-state index is 15.9. The number of hydrogen-bond acceptors (Lipinski definition) is 8. The molecule has 3 aromatic heterocycles. The van der Waals surface area contributed by atoms with E-state index < -0.39 is 33.4 Å². The first-order valence-electron chi connectivity index (χ1n) is 15.6. The van der Waals surface area contributed by atoms with Crippen molar-refractivity contribution in [3.05, 3.63) is 84.1 Å². The van der Waals surface area contributed by atoms with Gasteiger partial charge in [-0.15, -0.1) is 0 Å². The molecule has 0 bridgehead atoms. The second-order valence-corrected chi connectivity index (χ2v) is 14.8. The molecule has 250 valence electrons. The summed E-state index contributed by atoms with van der Waals surface area (Å²) in [5.74, 6) is -0.997. The van der Waals surface area contributed by atoms with Crippen LogP contribution in [-0.2, 0) is 14.8 Å². The van der Waals surface area contributed by atoms with Crippen molar-refractivity contribution < 1.29 is 27.1 Å². The number of pyridine rings is 2. The summed E-state index contributed by atoms with van der Waals surface area (Å²) in [6.45, 7) is 8.42. The summed E-state index contributed by atoms with van der Waals surface area (Å²) in [7, 11) is -2.63. The predicted octanol–water partition coefficient (Wildman–Crippen LogP) is 5.79. The molecule has 6 rings (SSSR count). The van der Waals surface area contributed by atoms with Gasteiger partial charge >= 0.3 is 6.09 Å². The summed E-state index contributed by atoms with van der Waals surface area (Å²) in [6.07, 6.45) is 5.32. The summed E-state index contributed by atoms with van der Waals surface area (Å²) in [5.41, 5.74) is 2.21. The SMILES string of the molecule is CNC(=O)c1cnc2c(c1)c(-c1cc(F)c3nccc(N4CCC[C@@H](NC(=O)OC(C)(C)C)C4)c3c1)cn2S(=O)(=O)c1ccc(C)cc1. The van der Waals surface area contributed by atoms with E-state index in [-0.39, 0.29) is 27.7 Å². The van der Waals surface area contributed by atoms with Gasteiger partial charge in [0.25, 0.3) is 15.9 Å². The minimum absolute atomic E-state index is 0.0598. The van der Waals surface area contributed by atoms with Crippen LogP contribution in [0.3, 0.4) is 0 Å². The second-order valence-electron chi connectivity index (χ2n) is 12.9. The van der Waals surface area contributed by atoms with Crippen LogP contribution in [0.25, 0.3) is 33.1 Å². The topological polar surface area (TPSA) is 136 Å². The highest BCUT2D eigenvalue weighted by molar-refractivity contribution is 7.90. The van der Waals surface area contributed by atoms with Crippen molar-refractivity contribution in [3.63, 3.8) is 0 Å². The highest BCUT2D eigenvalue weighted by Crippen LogP contribution is 2.37. The zero-order valence-corrected chi connectivity index (χ0v) is 28.2. The van der Waals surface area contributed by atoms with E-state index in [1.165, 1.54) is 37.6 Å². The average molecular weight is 673 g/mol. The van der Waals surface area contributed by atoms with Crippen molar-refractivity contribution in [1.82, 2.24) is 24.6 Å². The Morgan fingerprint density at radius 2 is 1.79 bits per heavy atom. The Balaban J connectivity index is 1.47. The van der Waals surface area contributed by atoms with Crippen LogP contribution < -0.4 is 15.5 Å². The number of carbonyl (C=O) groups excluding carboxylic acids is 2. The second kappa shape index (κ2) is 12.5. The van der Waals surface area contributed by atoms with Gasteiger partial charge in [0.05, 0.1) is 10.5 Å². The van der Waals surface area contributed by atoms with E-state index in [0.717, 1.165) is 28.1 Å². The lowest BCUT2D eigenvalue weighted by Crippen LogP contribution is -2.49. The summed E-state index contributed by atoms with van der Waals surface area (Å²) >= 11 is 0. The number of rotatable bonds is 6. The quantitative estimate of drug-likeness (QED) is 0.232. The Hall–Kier alpha value is -5.04. The molecule has 2 amide bonds. The van der Waals surface area contributed by atoms with Crippen molar-refractivity contribution in [3.8, 4) is 11.1 Å². The molecule has 13 heteroatoms. The van der Waals surface area contributed by atoms with Crippen molar-refractivity contribution in [2.24, 2.45) is 0 Å². The molecule has 1 atom stereocenters. The highest BCUT2D eigenvalue weighted by atomic mass is 32.2. The van der Waals surface area contributed by atoms with Crippen molar-refractivity contribution in [2.75, 3.05) is 25.0 Å². The molecule has 4 heterocycles. The monoisotopic (exact) mass is 672 g/mol. The van der Waals surface area contributed by atoms with Gasteiger partial charge in [0.15, 0.2) is 5.65 Å². The molecule has 0 saturated carbocycles. The summed E-state index contributed by atoms with van der Waals surface area (Å²) in [5, 5.41) is 6.39. The van der Waals surface area contributed by atoms with Crippen molar-refractivity contribution in [2.45, 2.75) is 57.1 Å². The van der Waals surface area contributed by atoms with Crippen LogP contribution in [0.15, 0.2) is 72.0 Å². The number of benzene rings is 2. The van der Waals surface area contributed by atoms with Gasteiger partial charge in [0.2, 0.25) is 0 Å². The number of halogens is 1. The molecule has 1 aliphatic rings. The van der Waals surface area contributed by atoms with Gasteiger partial charge in [-0.3, -0.25) is 9.78 Å². The molecule has 1 fully saturated rings. The third kappa shape index (κ3) is 6.42. The first kappa shape index (κ1) is 32.9. The number of aryl methyl sites for hydroxylation is 1. The number of hydrogen-bond donors (Lipinski definition) is 2. The molecule has 0 spiro atoms. The summed E-state index contributed by atoms with van der Waals surface area (Å²) in [4.78, 5) is 36.0. The molecule has 2 N–H and O–H groups in total. The van der Waals surface area contributed by atoms with Gasteiger partial charge in [-0.2, -0.15) is 0 Å². The molecule has 11 nitrogen and oxygen atoms in total. The third-order valence-electron chi connectivity index (χ3n) is 8.25. The van der Waals surface area contributed by atoms with Crippen molar-refractivity contribution in [1.29, 1.82) is 0 Å². The van der Waals surface area contributed by atoms with E-state index >= 15 is 4.39 Å². The lowest BCUT2D eigenvalue weighted by molar-refractivity contribution is 0.0499. The number of alkyl carbamates (subject to hydrolysis) is 1. The molecule has 0 unspecified atom stereocenters. The molecular formula is C35H37FN6O5S. The Morgan fingerprint density at radius 1 is 1.04 bits per heavy atom. The minimum atomic E-state index is -4.12. The van der Waals surface area contributed by atoms with Crippen LogP contribution in [0.4, 0.5) is 14.9 Å². The normalized spacial score (nSPS) is 15.5. The van der Waals surface area contributed by atoms with Crippen LogP contribution in [0, 0.1) is 12.7 Å². The van der Waals surface area contributed by atoms with E-state index in [0.29, 0.717) is 35.0 Å². The Morgan fingerprint density at radius 3 is 2.50 bits per heavy atom. The van der Waals surface area contributed by atoms with E-state index in [9.17, 15) is 18.0 Å². The lowest BCUT2D eigenvalue weighted by atomic mass is 10.00. The molecule has 1 aliphatic heterocycles. The Kier molecular flexibility index (Phi) is 8.58. The van der Waals surface area contributed by atoms with Gasteiger partial charge in [-0.1, -0.05) is 17.7 Å². The standard InChI is InChI=1S/C35H37FN6O5S/c1-21-8-10-25(11-9-21)48(45,46)42-20-28(26-16-23(33(43)37-5)18-39-32(26)42)22-15-27-30(12-13-38-31(27)29(36)17-22)41-14-6-7-24(19-41)40-34(44)47-35(2,3)4/h8-13,15-18,20,24H,6-7,14,19H2,1-5H3,(H,37,43)(H,40,44)/t24-/m1/s1. The Labute approximate surface area is 278 Å². The fourth-order valence-corrected chi connectivity index (χ4v) is 7.33. The van der Waals surface area contributed by atoms with Crippen LogP contribution in [0.5, 0.6) is 0 Å². The molecular weight excluding hydrogens is 635 g/mol. The van der Waals surface area contributed by atoms with E-state index in [2.05, 4.69) is 25.5 Å². The first-order chi connectivity index (χ1) is 22.7. The van der Waals surface area contributed by atoms with E-state index in [1.54, 1.807) is 57.3 Å². The first-order valence-corrected chi connectivity index (χ1v) is 17.1. The lowest BCUT2D eigenvalue weighted by Gasteiger charge is -2.35. The molecule has 0 radical (unpaired) electrons. The fourth-order valence-electron chi connectivity index (χ4n) is 6.00. The van der Waals surface area contributed by atoms with Crippen molar-refractivity contribution >= 4 is 49.6 Å². The maximum atomic E-state index is 15.9. The molecule has 1 saturated heterocycles. The maximum Gasteiger partial charge on any atom is 0.407 e. The van der Waals surface area contributed by atoms with Gasteiger partial charge < -0.3 is 20.3 Å². The number of nitrogens with zero attached hydrogens (tertiary/aromatic N) is 4. The number of fused-ring (bicyclic) bond motifs is 2. The van der Waals surface area contributed by atoms with Gasteiger partial charge in [-0.05, 0) is 82.5 Å². The summed E-state index contributed by atoms with van der Waals surface area (Å²) < 4.78 is 50.3. The van der Waals surface area contributed by atoms with Crippen LogP contribution in [0.1, 0.15) is 49.5 Å². The van der Waals surface area contributed by atoms with Gasteiger partial charge in [-0.25, -0.2) is 26.6 Å². The van der Waals surface area contributed by atoms with E-state index in [1.807, 2.05) is 6.92 Å². The van der Waals surface area contributed by atoms with Crippen LogP contribution in [0.2, 0.25) is 0 Å². The minimum Gasteiger partial charge on any atom is -0.444 e. The number of piperidine rings is 1. The highest BCUT2D eigenvalue weighted by Gasteiger charge is 2.27. The number of aromatic nitrogens is 3. The third-order valence-corrected chi connectivity index (χ3v) is 9.91. The Bertz CT molecular complexity index is 2160. The number of nitrogens with one attached hydrogen (secondary N) is 2. The number of carbonyl (C=O) groups is 2. The molecule has 48 heavy (non-hydrogen) atoms.